The van der Waals surface area contributed by atoms with Gasteiger partial charge in [0, 0.05) is 11.1 Å². The van der Waals surface area contributed by atoms with Gasteiger partial charge in [-0.25, -0.2) is 0 Å². The highest BCUT2D eigenvalue weighted by Crippen LogP contribution is 2.42. The van der Waals surface area contributed by atoms with Crippen molar-refractivity contribution >= 4 is 11.6 Å². The van der Waals surface area contributed by atoms with Crippen LogP contribution in [0.3, 0.4) is 0 Å². The van der Waals surface area contributed by atoms with Crippen LogP contribution in [0.25, 0.3) is 0 Å². The number of ketones is 2. The Hall–Kier alpha value is -2.30. The molecule has 0 heterocycles. The van der Waals surface area contributed by atoms with Crippen LogP contribution in [0.2, 0.25) is 0 Å². The largest absolute Gasteiger partial charge is 0.395 e. The molecule has 2 aliphatic carbocycles. The van der Waals surface area contributed by atoms with E-state index in [0.29, 0.717) is 36.8 Å². The minimum atomic E-state index is -1.46. The monoisotopic (exact) mass is 364 g/mol. The molecule has 0 radical (unpaired) electrons. The number of carbonyl (C=O) groups excluding carboxylic acids is 2. The first-order valence-corrected chi connectivity index (χ1v) is 9.58. The lowest BCUT2D eigenvalue weighted by atomic mass is 9.66. The average molecular weight is 364 g/mol. The topological polar surface area (TPSA) is 74.6 Å². The third-order valence-electron chi connectivity index (χ3n) is 6.43. The molecule has 0 bridgehead atoms. The van der Waals surface area contributed by atoms with E-state index in [1.54, 1.807) is 18.2 Å². The van der Waals surface area contributed by atoms with Crippen LogP contribution in [0.5, 0.6) is 0 Å². The molecule has 0 fully saturated rings. The van der Waals surface area contributed by atoms with Crippen molar-refractivity contribution in [2.75, 3.05) is 6.61 Å². The van der Waals surface area contributed by atoms with Gasteiger partial charge < -0.3 is 10.2 Å². The summed E-state index contributed by atoms with van der Waals surface area (Å²) in [6.07, 6.45) is 2.75. The Kier molecular flexibility index (Phi) is 4.49. The van der Waals surface area contributed by atoms with E-state index < -0.39 is 11.0 Å². The van der Waals surface area contributed by atoms with E-state index in [4.69, 9.17) is 0 Å². The van der Waals surface area contributed by atoms with E-state index in [1.807, 2.05) is 30.3 Å². The Morgan fingerprint density at radius 2 is 1.33 bits per heavy atom. The Balaban J connectivity index is 1.57. The van der Waals surface area contributed by atoms with Crippen LogP contribution >= 0.6 is 0 Å². The lowest BCUT2D eigenvalue weighted by Crippen LogP contribution is -2.46. The predicted octanol–water partition coefficient (Wildman–Crippen LogP) is 3.13. The number of aliphatic hydroxyl groups is 2. The lowest BCUT2D eigenvalue weighted by molar-refractivity contribution is 0.00527. The molecular weight excluding hydrogens is 340 g/mol. The third-order valence-corrected chi connectivity index (χ3v) is 6.43. The van der Waals surface area contributed by atoms with Gasteiger partial charge in [0.05, 0.1) is 12.0 Å². The summed E-state index contributed by atoms with van der Waals surface area (Å²) in [6, 6.07) is 14.9. The maximum absolute atomic E-state index is 13.1. The number of benzene rings is 2. The summed E-state index contributed by atoms with van der Waals surface area (Å²) in [4.78, 5) is 26.0. The van der Waals surface area contributed by atoms with Crippen molar-refractivity contribution in [2.24, 2.45) is 5.41 Å². The Bertz CT molecular complexity index is 903. The average Bonchev–Trinajstić information content (AvgIpc) is 2.71. The minimum Gasteiger partial charge on any atom is -0.395 e. The lowest BCUT2D eigenvalue weighted by Gasteiger charge is -2.39. The molecule has 4 nitrogen and oxygen atoms in total. The summed E-state index contributed by atoms with van der Waals surface area (Å²) in [7, 11) is 0. The molecule has 4 heteroatoms. The van der Waals surface area contributed by atoms with Crippen LogP contribution < -0.4 is 0 Å². The van der Waals surface area contributed by atoms with Crippen molar-refractivity contribution in [3.63, 3.8) is 0 Å². The van der Waals surface area contributed by atoms with Crippen molar-refractivity contribution in [3.8, 4) is 0 Å². The van der Waals surface area contributed by atoms with E-state index in [-0.39, 0.29) is 24.6 Å². The minimum absolute atomic E-state index is 0.0703. The van der Waals surface area contributed by atoms with Gasteiger partial charge in [0.1, 0.15) is 5.60 Å². The first-order chi connectivity index (χ1) is 13.0. The zero-order valence-electron chi connectivity index (χ0n) is 15.3. The fraction of sp³-hybridized carbons (Fsp3) is 0.391. The predicted molar refractivity (Wildman–Crippen MR) is 102 cm³/mol. The molecule has 0 aromatic heterocycles. The maximum Gasteiger partial charge on any atom is 0.194 e. The maximum atomic E-state index is 13.1. The summed E-state index contributed by atoms with van der Waals surface area (Å²) >= 11 is 0. The zero-order valence-corrected chi connectivity index (χ0v) is 15.3. The van der Waals surface area contributed by atoms with Crippen LogP contribution in [-0.2, 0) is 12.8 Å². The molecule has 0 aliphatic heterocycles. The van der Waals surface area contributed by atoms with Gasteiger partial charge in [0.2, 0.25) is 0 Å². The number of fused-ring (bicyclic) bond motifs is 2. The van der Waals surface area contributed by atoms with Gasteiger partial charge in [-0.3, -0.25) is 9.59 Å². The van der Waals surface area contributed by atoms with Gasteiger partial charge in [-0.2, -0.15) is 0 Å². The van der Waals surface area contributed by atoms with Crippen molar-refractivity contribution in [2.45, 2.75) is 44.1 Å². The SMILES string of the molecule is O=C1c2ccccc2CC[C@]1(O)CC[C@]1(CO)CCc2ccccc2C1=O. The number of hydrogen-bond acceptors (Lipinski definition) is 4. The van der Waals surface area contributed by atoms with E-state index >= 15 is 0 Å². The van der Waals surface area contributed by atoms with Crippen molar-refractivity contribution in [3.05, 3.63) is 70.8 Å². The fourth-order valence-electron chi connectivity index (χ4n) is 4.55. The van der Waals surface area contributed by atoms with Gasteiger partial charge in [-0.1, -0.05) is 48.5 Å². The van der Waals surface area contributed by atoms with Crippen molar-refractivity contribution in [1.82, 2.24) is 0 Å². The molecule has 0 saturated heterocycles. The van der Waals surface area contributed by atoms with Crippen molar-refractivity contribution < 1.29 is 19.8 Å². The standard InChI is InChI=1S/C23H24O4/c24-15-22(11-9-16-5-1-3-7-18(16)20(22)25)13-14-23(27)12-10-17-6-2-4-8-19(17)21(23)26/h1-8,24,27H,9-15H2/t22-,23-/m0/s1. The molecule has 0 amide bonds. The first-order valence-electron chi connectivity index (χ1n) is 9.58. The highest BCUT2D eigenvalue weighted by atomic mass is 16.3. The molecule has 2 N–H and O–H groups in total. The fourth-order valence-corrected chi connectivity index (χ4v) is 4.55. The van der Waals surface area contributed by atoms with E-state index in [9.17, 15) is 19.8 Å². The second-order valence-electron chi connectivity index (χ2n) is 7.94. The zero-order chi connectivity index (χ0) is 19.1. The molecule has 140 valence electrons. The highest BCUT2D eigenvalue weighted by molar-refractivity contribution is 6.05. The van der Waals surface area contributed by atoms with E-state index in [1.165, 1.54) is 0 Å². The molecule has 0 unspecified atom stereocenters. The normalized spacial score (nSPS) is 27.2. The van der Waals surface area contributed by atoms with Crippen LogP contribution in [0, 0.1) is 5.41 Å². The number of aryl methyl sites for hydroxylation is 2. The number of carbonyl (C=O) groups is 2. The molecule has 0 saturated carbocycles. The Labute approximate surface area is 158 Å². The first kappa shape index (κ1) is 18.1. The number of aliphatic hydroxyl groups excluding tert-OH is 1. The third kappa shape index (κ3) is 2.93. The Morgan fingerprint density at radius 3 is 1.96 bits per heavy atom. The molecule has 2 aliphatic rings. The number of hydrogen-bond donors (Lipinski definition) is 2. The van der Waals surface area contributed by atoms with Crippen molar-refractivity contribution in [1.29, 1.82) is 0 Å². The van der Waals surface area contributed by atoms with Crippen LogP contribution in [0.4, 0.5) is 0 Å². The van der Waals surface area contributed by atoms with Crippen LogP contribution in [0.15, 0.2) is 48.5 Å². The Morgan fingerprint density at radius 1 is 0.778 bits per heavy atom. The van der Waals surface area contributed by atoms with Gasteiger partial charge in [-0.15, -0.1) is 0 Å². The molecule has 4 rings (SSSR count). The van der Waals surface area contributed by atoms with Gasteiger partial charge >= 0.3 is 0 Å². The van der Waals surface area contributed by atoms with Gasteiger partial charge in [0.15, 0.2) is 11.6 Å². The molecular formula is C23H24O4. The molecule has 2 aromatic carbocycles. The summed E-state index contributed by atoms with van der Waals surface area (Å²) in [5.41, 5.74) is 0.823. The molecule has 2 aromatic rings. The second-order valence-corrected chi connectivity index (χ2v) is 7.94. The summed E-state index contributed by atoms with van der Waals surface area (Å²) in [5, 5.41) is 21.2. The summed E-state index contributed by atoms with van der Waals surface area (Å²) in [5.74, 6) is -0.333. The van der Waals surface area contributed by atoms with Crippen LogP contribution in [0.1, 0.15) is 57.5 Å². The van der Waals surface area contributed by atoms with E-state index in [0.717, 1.165) is 17.5 Å². The second kappa shape index (κ2) is 6.70. The summed E-state index contributed by atoms with van der Waals surface area (Å²) < 4.78 is 0. The number of rotatable bonds is 4. The highest BCUT2D eigenvalue weighted by Gasteiger charge is 2.46. The smallest absolute Gasteiger partial charge is 0.194 e. The summed E-state index contributed by atoms with van der Waals surface area (Å²) in [6.45, 7) is -0.263. The van der Waals surface area contributed by atoms with Gasteiger partial charge in [0.25, 0.3) is 0 Å². The number of Topliss-reactive ketones (excluding diaryl/α,β-unsaturated/α-hetero) is 2. The van der Waals surface area contributed by atoms with Crippen LogP contribution in [-0.4, -0.2) is 34.0 Å². The molecule has 27 heavy (non-hydrogen) atoms. The van der Waals surface area contributed by atoms with Gasteiger partial charge in [-0.05, 0) is 49.7 Å². The molecule has 0 spiro atoms. The molecule has 2 atom stereocenters. The quantitative estimate of drug-likeness (QED) is 0.874. The van der Waals surface area contributed by atoms with E-state index in [2.05, 4.69) is 0 Å².